The van der Waals surface area contributed by atoms with Gasteiger partial charge in [0.1, 0.15) is 5.75 Å². The summed E-state index contributed by atoms with van der Waals surface area (Å²) in [4.78, 5) is 19.9. The second-order valence-electron chi connectivity index (χ2n) is 6.83. The molecule has 1 aromatic carbocycles. The molecule has 1 aliphatic heterocycles. The normalized spacial score (nSPS) is 14.4. The van der Waals surface area contributed by atoms with Crippen LogP contribution in [0.25, 0.3) is 22.2 Å². The monoisotopic (exact) mass is 380 g/mol. The van der Waals surface area contributed by atoms with Crippen LogP contribution in [0.4, 0.5) is 0 Å². The van der Waals surface area contributed by atoms with Crippen LogP contribution in [-0.2, 0) is 11.3 Å². The topological polar surface area (TPSA) is 69.5 Å². The van der Waals surface area contributed by atoms with Crippen LogP contribution < -0.4 is 4.74 Å². The molecule has 0 atom stereocenters. The highest BCUT2D eigenvalue weighted by molar-refractivity contribution is 6.07. The average molecular weight is 380 g/mol. The van der Waals surface area contributed by atoms with E-state index in [2.05, 4.69) is 12.0 Å². The summed E-state index contributed by atoms with van der Waals surface area (Å²) in [6, 6.07) is 7.50. The highest BCUT2D eigenvalue weighted by Gasteiger charge is 2.22. The van der Waals surface area contributed by atoms with Crippen molar-refractivity contribution in [1.82, 2.24) is 19.7 Å². The van der Waals surface area contributed by atoms with Gasteiger partial charge < -0.3 is 14.4 Å². The zero-order valence-electron chi connectivity index (χ0n) is 16.2. The van der Waals surface area contributed by atoms with Gasteiger partial charge in [0.25, 0.3) is 5.91 Å². The van der Waals surface area contributed by atoms with Crippen molar-refractivity contribution in [3.63, 3.8) is 0 Å². The van der Waals surface area contributed by atoms with E-state index in [0.717, 1.165) is 35.1 Å². The summed E-state index contributed by atoms with van der Waals surface area (Å²) in [6.07, 6.45) is 4.78. The van der Waals surface area contributed by atoms with E-state index in [4.69, 9.17) is 14.5 Å². The minimum Gasteiger partial charge on any atom is -0.497 e. The van der Waals surface area contributed by atoms with Gasteiger partial charge in [-0.1, -0.05) is 6.92 Å². The largest absolute Gasteiger partial charge is 0.497 e. The van der Waals surface area contributed by atoms with Crippen molar-refractivity contribution < 1.29 is 14.3 Å². The molecule has 1 aliphatic rings. The lowest BCUT2D eigenvalue weighted by molar-refractivity contribution is 0.0304. The van der Waals surface area contributed by atoms with E-state index in [9.17, 15) is 4.79 Å². The van der Waals surface area contributed by atoms with Crippen molar-refractivity contribution in [3.8, 4) is 17.0 Å². The molecule has 0 saturated carbocycles. The Morgan fingerprint density at radius 1 is 1.25 bits per heavy atom. The van der Waals surface area contributed by atoms with Gasteiger partial charge in [-0.05, 0) is 24.6 Å². The highest BCUT2D eigenvalue weighted by Crippen LogP contribution is 2.28. The molecule has 3 aromatic rings. The Hall–Kier alpha value is -2.93. The number of pyridine rings is 1. The van der Waals surface area contributed by atoms with Crippen LogP contribution >= 0.6 is 0 Å². The lowest BCUT2D eigenvalue weighted by Crippen LogP contribution is -2.40. The fraction of sp³-hybridized carbons (Fsp3) is 0.381. The van der Waals surface area contributed by atoms with Gasteiger partial charge in [-0.25, -0.2) is 4.98 Å². The van der Waals surface area contributed by atoms with Crippen LogP contribution in [0.2, 0.25) is 0 Å². The molecule has 0 unspecified atom stereocenters. The molecular formula is C21H24N4O3. The lowest BCUT2D eigenvalue weighted by atomic mass is 10.0. The van der Waals surface area contributed by atoms with Crippen LogP contribution in [0.15, 0.2) is 36.7 Å². The number of aryl methyl sites for hydroxylation is 1. The third kappa shape index (κ3) is 3.57. The number of methoxy groups -OCH3 is 1. The third-order valence-corrected chi connectivity index (χ3v) is 4.93. The van der Waals surface area contributed by atoms with Crippen molar-refractivity contribution in [2.45, 2.75) is 19.9 Å². The molecule has 1 fully saturated rings. The summed E-state index contributed by atoms with van der Waals surface area (Å²) in [5.74, 6) is 0.715. The Morgan fingerprint density at radius 2 is 2.07 bits per heavy atom. The van der Waals surface area contributed by atoms with E-state index in [1.807, 2.05) is 40.0 Å². The van der Waals surface area contributed by atoms with Gasteiger partial charge in [-0.3, -0.25) is 9.48 Å². The minimum atomic E-state index is 0.00284. The van der Waals surface area contributed by atoms with Gasteiger partial charge in [-0.15, -0.1) is 0 Å². The number of ether oxygens (including phenoxy) is 2. The molecule has 7 nitrogen and oxygen atoms in total. The Balaban J connectivity index is 1.82. The maximum absolute atomic E-state index is 13.2. The Labute approximate surface area is 163 Å². The number of morpholine rings is 1. The Bertz CT molecular complexity index is 992. The molecule has 2 aromatic heterocycles. The minimum absolute atomic E-state index is 0.00284. The summed E-state index contributed by atoms with van der Waals surface area (Å²) in [5.41, 5.74) is 3.01. The number of nitrogens with zero attached hydrogens (tertiary/aromatic N) is 4. The molecule has 0 N–H and O–H groups in total. The number of aromatic nitrogens is 3. The molecule has 0 bridgehead atoms. The molecular weight excluding hydrogens is 356 g/mol. The number of hydrogen-bond acceptors (Lipinski definition) is 5. The van der Waals surface area contributed by atoms with Gasteiger partial charge >= 0.3 is 0 Å². The van der Waals surface area contributed by atoms with Gasteiger partial charge in [-0.2, -0.15) is 5.10 Å². The molecule has 146 valence electrons. The van der Waals surface area contributed by atoms with Crippen LogP contribution in [0.5, 0.6) is 5.75 Å². The number of rotatable bonds is 5. The maximum atomic E-state index is 13.2. The number of carbonyl (C=O) groups is 1. The number of fused-ring (bicyclic) bond motifs is 1. The molecule has 3 heterocycles. The van der Waals surface area contributed by atoms with Crippen molar-refractivity contribution in [3.05, 3.63) is 42.2 Å². The van der Waals surface area contributed by atoms with Gasteiger partial charge in [0.2, 0.25) is 0 Å². The van der Waals surface area contributed by atoms with E-state index in [1.165, 1.54) is 0 Å². The van der Waals surface area contributed by atoms with Crippen molar-refractivity contribution in [2.24, 2.45) is 0 Å². The van der Waals surface area contributed by atoms with Crippen molar-refractivity contribution in [1.29, 1.82) is 0 Å². The fourth-order valence-corrected chi connectivity index (χ4v) is 3.44. The standard InChI is InChI=1S/C21H24N4O3/c1-3-6-25-14-15(13-22-25)19-12-18(21(26)24-7-9-28-10-8-24)17-5-4-16(27-2)11-20(17)23-19/h4-5,11-14H,3,6-10H2,1-2H3. The Morgan fingerprint density at radius 3 is 2.82 bits per heavy atom. The highest BCUT2D eigenvalue weighted by atomic mass is 16.5. The van der Waals surface area contributed by atoms with Crippen LogP contribution in [0.1, 0.15) is 23.7 Å². The number of amides is 1. The first-order valence-corrected chi connectivity index (χ1v) is 9.58. The molecule has 1 amide bonds. The quantitative estimate of drug-likeness (QED) is 0.681. The first kappa shape index (κ1) is 18.4. The van der Waals surface area contributed by atoms with E-state index < -0.39 is 0 Å². The lowest BCUT2D eigenvalue weighted by Gasteiger charge is -2.27. The number of hydrogen-bond donors (Lipinski definition) is 0. The van der Waals surface area contributed by atoms with E-state index in [-0.39, 0.29) is 5.91 Å². The summed E-state index contributed by atoms with van der Waals surface area (Å²) >= 11 is 0. The predicted octanol–water partition coefficient (Wildman–Crippen LogP) is 2.99. The third-order valence-electron chi connectivity index (χ3n) is 4.93. The summed E-state index contributed by atoms with van der Waals surface area (Å²) in [6.45, 7) is 5.30. The van der Waals surface area contributed by atoms with Crippen LogP contribution in [0, 0.1) is 0 Å². The number of carbonyl (C=O) groups excluding carboxylic acids is 1. The maximum Gasteiger partial charge on any atom is 0.254 e. The predicted molar refractivity (Wildman–Crippen MR) is 107 cm³/mol. The molecule has 1 saturated heterocycles. The second kappa shape index (κ2) is 7.98. The first-order chi connectivity index (χ1) is 13.7. The molecule has 28 heavy (non-hydrogen) atoms. The molecule has 0 radical (unpaired) electrons. The molecule has 7 heteroatoms. The van der Waals surface area contributed by atoms with Crippen LogP contribution in [-0.4, -0.2) is 59.0 Å². The van der Waals surface area contributed by atoms with E-state index in [1.54, 1.807) is 13.3 Å². The summed E-state index contributed by atoms with van der Waals surface area (Å²) in [5, 5.41) is 5.22. The van der Waals surface area contributed by atoms with Crippen LogP contribution in [0.3, 0.4) is 0 Å². The molecule has 4 rings (SSSR count). The second-order valence-corrected chi connectivity index (χ2v) is 6.83. The fourth-order valence-electron chi connectivity index (χ4n) is 3.44. The van der Waals surface area contributed by atoms with E-state index >= 15 is 0 Å². The summed E-state index contributed by atoms with van der Waals surface area (Å²) < 4.78 is 12.6. The smallest absolute Gasteiger partial charge is 0.254 e. The Kier molecular flexibility index (Phi) is 5.25. The first-order valence-electron chi connectivity index (χ1n) is 9.58. The zero-order chi connectivity index (χ0) is 19.5. The summed E-state index contributed by atoms with van der Waals surface area (Å²) in [7, 11) is 1.62. The molecule has 0 aliphatic carbocycles. The SMILES string of the molecule is CCCn1cc(-c2cc(C(=O)N3CCOCC3)c3ccc(OC)cc3n2)cn1. The van der Waals surface area contributed by atoms with Crippen molar-refractivity contribution in [2.75, 3.05) is 33.4 Å². The average Bonchev–Trinajstić information content (AvgIpc) is 3.21. The van der Waals surface area contributed by atoms with Gasteiger partial charge in [0, 0.05) is 42.8 Å². The van der Waals surface area contributed by atoms with E-state index in [0.29, 0.717) is 37.6 Å². The van der Waals surface area contributed by atoms with Crippen molar-refractivity contribution >= 4 is 16.8 Å². The number of benzene rings is 1. The van der Waals surface area contributed by atoms with Gasteiger partial charge in [0.05, 0.1) is 43.3 Å². The van der Waals surface area contributed by atoms with Gasteiger partial charge in [0.15, 0.2) is 0 Å². The zero-order valence-corrected chi connectivity index (χ0v) is 16.2. The molecule has 0 spiro atoms.